The third-order valence-corrected chi connectivity index (χ3v) is 4.29. The van der Waals surface area contributed by atoms with Crippen LogP contribution in [0.5, 0.6) is 0 Å². The number of rotatable bonds is 10. The third kappa shape index (κ3) is 12.5. The van der Waals surface area contributed by atoms with Crippen molar-refractivity contribution in [3.63, 3.8) is 0 Å². The molecule has 0 saturated carbocycles. The minimum absolute atomic E-state index is 0. The number of cyclic esters (lactones) is 1. The summed E-state index contributed by atoms with van der Waals surface area (Å²) in [4.78, 5) is 31.5. The van der Waals surface area contributed by atoms with Crippen LogP contribution in [0.3, 0.4) is 0 Å². The molecule has 156 valence electrons. The van der Waals surface area contributed by atoms with Crippen molar-refractivity contribution in [2.45, 2.75) is 50.6 Å². The summed E-state index contributed by atoms with van der Waals surface area (Å²) in [6.07, 6.45) is 12.3. The third-order valence-electron chi connectivity index (χ3n) is 3.77. The van der Waals surface area contributed by atoms with Gasteiger partial charge in [0.1, 0.15) is 17.8 Å². The molecule has 1 aliphatic heterocycles. The molecule has 0 radical (unpaired) electrons. The summed E-state index contributed by atoms with van der Waals surface area (Å²) in [6.45, 7) is 3.10. The van der Waals surface area contributed by atoms with E-state index in [1.807, 2.05) is 13.0 Å². The van der Waals surface area contributed by atoms with E-state index in [0.29, 0.717) is 6.42 Å². The molecule has 0 spiro atoms. The van der Waals surface area contributed by atoms with Gasteiger partial charge in [0.15, 0.2) is 0 Å². The van der Waals surface area contributed by atoms with Crippen LogP contribution >= 0.6 is 7.82 Å². The van der Waals surface area contributed by atoms with Crippen molar-refractivity contribution in [2.24, 2.45) is 0 Å². The topological polar surface area (TPSA) is 136 Å². The Hall–Kier alpha value is -0.800. The molecule has 8 nitrogen and oxygen atoms in total. The van der Waals surface area contributed by atoms with Crippen molar-refractivity contribution in [3.05, 3.63) is 60.8 Å². The van der Waals surface area contributed by atoms with Crippen LogP contribution in [0.1, 0.15) is 26.7 Å². The predicted molar refractivity (Wildman–Crippen MR) is 102 cm³/mol. The number of allylic oxidation sites excluding steroid dienone is 5. The number of hydrogen-bond acceptors (Lipinski definition) is 7. The average molecular weight is 436 g/mol. The molecule has 1 rings (SSSR count). The van der Waals surface area contributed by atoms with E-state index in [2.05, 4.69) is 4.52 Å². The molecule has 1 heterocycles. The van der Waals surface area contributed by atoms with Gasteiger partial charge in [-0.05, 0) is 19.9 Å². The van der Waals surface area contributed by atoms with E-state index in [1.54, 1.807) is 30.4 Å². The van der Waals surface area contributed by atoms with Gasteiger partial charge in [-0.15, -0.1) is 0 Å². The molecule has 5 atom stereocenters. The fraction of sp³-hybridized carbons (Fsp3) is 0.421. The summed E-state index contributed by atoms with van der Waals surface area (Å²) in [6, 6.07) is 0. The van der Waals surface area contributed by atoms with Crippen LogP contribution in [0.25, 0.3) is 0 Å². The molecule has 0 fully saturated rings. The van der Waals surface area contributed by atoms with Gasteiger partial charge in [-0.1, -0.05) is 48.6 Å². The van der Waals surface area contributed by atoms with Gasteiger partial charge >= 0.3 is 35.5 Å². The molecule has 0 aromatic heterocycles. The number of esters is 1. The Labute approximate surface area is 192 Å². The first-order valence-electron chi connectivity index (χ1n) is 8.69. The summed E-state index contributed by atoms with van der Waals surface area (Å²) in [5.74, 6) is -0.528. The molecular weight excluding hydrogens is 410 g/mol. The maximum absolute atomic E-state index is 11.2. The Bertz CT molecular complexity index is 705. The van der Waals surface area contributed by atoms with Gasteiger partial charge in [0, 0.05) is 18.9 Å². The molecule has 0 aromatic carbocycles. The molecular formula is C19H26NaO8P. The van der Waals surface area contributed by atoms with Crippen LogP contribution in [0.4, 0.5) is 0 Å². The summed E-state index contributed by atoms with van der Waals surface area (Å²) in [5, 5.41) is 20.7. The molecule has 0 amide bonds. The predicted octanol–water partition coefficient (Wildman–Crippen LogP) is -1.55. The van der Waals surface area contributed by atoms with Gasteiger partial charge in [0.05, 0.1) is 6.10 Å². The monoisotopic (exact) mass is 436 g/mol. The second kappa shape index (κ2) is 13.5. The number of phosphoric ester groups is 1. The Balaban J connectivity index is 0.00000784. The first-order valence-corrected chi connectivity index (χ1v) is 10.2. The van der Waals surface area contributed by atoms with Crippen LogP contribution in [0, 0.1) is 0 Å². The van der Waals surface area contributed by atoms with Crippen LogP contribution in [0.2, 0.25) is 0 Å². The Morgan fingerprint density at radius 1 is 1.41 bits per heavy atom. The van der Waals surface area contributed by atoms with Crippen molar-refractivity contribution >= 4 is 13.8 Å². The van der Waals surface area contributed by atoms with E-state index in [0.717, 1.165) is 0 Å². The normalized spacial score (nSPS) is 23.8. The Morgan fingerprint density at radius 2 is 2.07 bits per heavy atom. The number of aliphatic hydroxyl groups excluding tert-OH is 1. The van der Waals surface area contributed by atoms with Crippen molar-refractivity contribution < 1.29 is 68.2 Å². The first kappa shape index (κ1) is 28.2. The molecule has 1 aliphatic rings. The van der Waals surface area contributed by atoms with E-state index in [1.165, 1.54) is 31.2 Å². The zero-order valence-electron chi connectivity index (χ0n) is 16.7. The van der Waals surface area contributed by atoms with Crippen LogP contribution < -0.4 is 34.5 Å². The van der Waals surface area contributed by atoms with Gasteiger partial charge in [0.25, 0.3) is 7.82 Å². The number of hydrogen-bond donors (Lipinski definition) is 3. The molecule has 3 N–H and O–H groups in total. The zero-order chi connectivity index (χ0) is 21.2. The van der Waals surface area contributed by atoms with E-state index < -0.39 is 37.7 Å². The molecule has 0 aromatic rings. The molecule has 10 heteroatoms. The van der Waals surface area contributed by atoms with E-state index >= 15 is 0 Å². The van der Waals surface area contributed by atoms with Gasteiger partial charge in [-0.2, -0.15) is 0 Å². The van der Waals surface area contributed by atoms with Gasteiger partial charge in [0.2, 0.25) is 0 Å². The SMILES string of the molecule is C/C=C/C=C/C=C/C(O)CC(OP(=O)([O-])O)C(C)(O)/C=C/C1CC=CC(=O)O1.[Na+]. The number of carbonyl (C=O) groups is 1. The zero-order valence-corrected chi connectivity index (χ0v) is 19.6. The van der Waals surface area contributed by atoms with Gasteiger partial charge in [-0.25, -0.2) is 4.79 Å². The van der Waals surface area contributed by atoms with E-state index in [9.17, 15) is 24.5 Å². The van der Waals surface area contributed by atoms with E-state index in [-0.39, 0.29) is 36.0 Å². The number of phosphoric acid groups is 1. The molecule has 0 saturated heterocycles. The molecule has 5 unspecified atom stereocenters. The second-order valence-electron chi connectivity index (χ2n) is 6.36. The molecule has 0 aliphatic carbocycles. The van der Waals surface area contributed by atoms with Crippen LogP contribution in [-0.2, 0) is 18.6 Å². The van der Waals surface area contributed by atoms with Crippen molar-refractivity contribution in [1.82, 2.24) is 0 Å². The maximum Gasteiger partial charge on any atom is 1.00 e. The number of aliphatic hydroxyl groups is 2. The Kier molecular flexibility index (Phi) is 13.1. The molecule has 0 bridgehead atoms. The smallest absolute Gasteiger partial charge is 0.756 e. The van der Waals surface area contributed by atoms with Crippen molar-refractivity contribution in [2.75, 3.05) is 0 Å². The maximum atomic E-state index is 11.2. The fourth-order valence-electron chi connectivity index (χ4n) is 2.34. The van der Waals surface area contributed by atoms with Gasteiger partial charge in [-0.3, -0.25) is 4.57 Å². The standard InChI is InChI=1S/C19H27O8P.Na/c1-3-4-5-6-7-9-15(20)14-17(27-28(23,24)25)19(2,22)13-12-16-10-8-11-18(21)26-16;/h3-9,11-13,15-17,20,22H,10,14H2,1-2H3,(H2,23,24,25);/q;+1/p-1/b4-3+,6-5+,9-7+,13-12+;. The quantitative estimate of drug-likeness (QED) is 0.123. The van der Waals surface area contributed by atoms with Gasteiger partial charge < -0.3 is 29.3 Å². The van der Waals surface area contributed by atoms with Crippen LogP contribution in [0.15, 0.2) is 60.8 Å². The van der Waals surface area contributed by atoms with Crippen molar-refractivity contribution in [1.29, 1.82) is 0 Å². The molecule has 29 heavy (non-hydrogen) atoms. The summed E-state index contributed by atoms with van der Waals surface area (Å²) in [5.41, 5.74) is -1.88. The summed E-state index contributed by atoms with van der Waals surface area (Å²) in [7, 11) is -5.18. The Morgan fingerprint density at radius 3 is 2.66 bits per heavy atom. The minimum Gasteiger partial charge on any atom is -0.756 e. The van der Waals surface area contributed by atoms with Crippen LogP contribution in [-0.4, -0.2) is 45.0 Å². The first-order chi connectivity index (χ1) is 13.0. The minimum atomic E-state index is -5.18. The van der Waals surface area contributed by atoms with Crippen molar-refractivity contribution in [3.8, 4) is 0 Å². The summed E-state index contributed by atoms with van der Waals surface area (Å²) >= 11 is 0. The second-order valence-corrected chi connectivity index (χ2v) is 7.51. The average Bonchev–Trinajstić information content (AvgIpc) is 2.58. The summed E-state index contributed by atoms with van der Waals surface area (Å²) < 4.78 is 20.8. The number of ether oxygens (including phenoxy) is 1. The fourth-order valence-corrected chi connectivity index (χ4v) is 2.96. The number of carbonyl (C=O) groups excluding carboxylic acids is 1. The largest absolute Gasteiger partial charge is 1.00 e. The van der Waals surface area contributed by atoms with E-state index in [4.69, 9.17) is 9.63 Å².